The predicted molar refractivity (Wildman–Crippen MR) is 85.8 cm³/mol. The summed E-state index contributed by atoms with van der Waals surface area (Å²) in [5.41, 5.74) is 10.2. The summed E-state index contributed by atoms with van der Waals surface area (Å²) in [6.07, 6.45) is 6.78. The molecule has 0 unspecified atom stereocenters. The van der Waals surface area contributed by atoms with Gasteiger partial charge in [-0.3, -0.25) is 0 Å². The average Bonchev–Trinajstić information content (AvgIpc) is 3.13. The Morgan fingerprint density at radius 2 is 2.05 bits per heavy atom. The average molecular weight is 300 g/mol. The van der Waals surface area contributed by atoms with E-state index in [1.54, 1.807) is 7.11 Å². The van der Waals surface area contributed by atoms with Gasteiger partial charge in [0, 0.05) is 10.4 Å². The van der Waals surface area contributed by atoms with Crippen molar-refractivity contribution in [3.05, 3.63) is 33.6 Å². The Hall–Kier alpha value is -1.39. The molecule has 2 aliphatic rings. The second kappa shape index (κ2) is 4.82. The van der Waals surface area contributed by atoms with Crippen molar-refractivity contribution in [2.75, 3.05) is 7.11 Å². The van der Waals surface area contributed by atoms with Gasteiger partial charge < -0.3 is 10.5 Å². The number of rotatable bonds is 2. The molecule has 0 atom stereocenters. The van der Waals surface area contributed by atoms with E-state index in [4.69, 9.17) is 15.5 Å². The highest BCUT2D eigenvalue weighted by Gasteiger charge is 2.36. The Morgan fingerprint density at radius 1 is 1.24 bits per heavy atom. The SMILES string of the molecule is COc1ccc2c(c1)-c1nc(C3(N)CCCC3)sc1CC2. The van der Waals surface area contributed by atoms with E-state index < -0.39 is 0 Å². The summed E-state index contributed by atoms with van der Waals surface area (Å²) >= 11 is 1.83. The molecule has 1 aromatic heterocycles. The van der Waals surface area contributed by atoms with Crippen LogP contribution in [0.25, 0.3) is 11.3 Å². The number of benzene rings is 1. The molecule has 2 N–H and O–H groups in total. The minimum atomic E-state index is -0.180. The fraction of sp³-hybridized carbons (Fsp3) is 0.471. The number of aryl methyl sites for hydroxylation is 2. The smallest absolute Gasteiger partial charge is 0.119 e. The fourth-order valence-corrected chi connectivity index (χ4v) is 4.77. The van der Waals surface area contributed by atoms with E-state index in [-0.39, 0.29) is 5.54 Å². The molecule has 1 heterocycles. The lowest BCUT2D eigenvalue weighted by Gasteiger charge is -2.19. The summed E-state index contributed by atoms with van der Waals surface area (Å²) in [5.74, 6) is 0.902. The summed E-state index contributed by atoms with van der Waals surface area (Å²) in [7, 11) is 1.71. The summed E-state index contributed by atoms with van der Waals surface area (Å²) in [6, 6.07) is 6.33. The number of ether oxygens (including phenoxy) is 1. The highest BCUT2D eigenvalue weighted by atomic mass is 32.1. The maximum absolute atomic E-state index is 6.59. The van der Waals surface area contributed by atoms with E-state index in [0.717, 1.165) is 42.1 Å². The zero-order valence-corrected chi connectivity index (χ0v) is 13.1. The first-order valence-electron chi connectivity index (χ1n) is 7.66. The van der Waals surface area contributed by atoms with Gasteiger partial charge in [0.25, 0.3) is 0 Å². The first kappa shape index (κ1) is 13.3. The second-order valence-corrected chi connectivity index (χ2v) is 7.26. The summed E-state index contributed by atoms with van der Waals surface area (Å²) in [4.78, 5) is 6.35. The van der Waals surface area contributed by atoms with E-state index in [0.29, 0.717) is 0 Å². The largest absolute Gasteiger partial charge is 0.497 e. The number of hydrogen-bond acceptors (Lipinski definition) is 4. The van der Waals surface area contributed by atoms with Crippen LogP contribution in [0.5, 0.6) is 5.75 Å². The minimum Gasteiger partial charge on any atom is -0.497 e. The van der Waals surface area contributed by atoms with Crippen molar-refractivity contribution < 1.29 is 4.74 Å². The van der Waals surface area contributed by atoms with Gasteiger partial charge in [0.2, 0.25) is 0 Å². The third-order valence-corrected chi connectivity index (χ3v) is 6.15. The van der Waals surface area contributed by atoms with Gasteiger partial charge in [-0.1, -0.05) is 18.9 Å². The molecule has 1 fully saturated rings. The molecule has 0 saturated heterocycles. The van der Waals surface area contributed by atoms with Crippen molar-refractivity contribution >= 4 is 11.3 Å². The summed E-state index contributed by atoms with van der Waals surface area (Å²) in [6.45, 7) is 0. The van der Waals surface area contributed by atoms with E-state index >= 15 is 0 Å². The number of methoxy groups -OCH3 is 1. The van der Waals surface area contributed by atoms with Gasteiger partial charge in [0.1, 0.15) is 10.8 Å². The van der Waals surface area contributed by atoms with Crippen molar-refractivity contribution in [3.63, 3.8) is 0 Å². The monoisotopic (exact) mass is 300 g/mol. The Kier molecular flexibility index (Phi) is 3.05. The van der Waals surface area contributed by atoms with E-state index in [1.807, 2.05) is 17.4 Å². The van der Waals surface area contributed by atoms with E-state index in [2.05, 4.69) is 12.1 Å². The molecule has 4 rings (SSSR count). The maximum atomic E-state index is 6.59. The number of nitrogens with zero attached hydrogens (tertiary/aromatic N) is 1. The van der Waals surface area contributed by atoms with Crippen LogP contribution < -0.4 is 10.5 Å². The first-order valence-corrected chi connectivity index (χ1v) is 8.48. The van der Waals surface area contributed by atoms with Crippen LogP contribution in [-0.2, 0) is 18.4 Å². The van der Waals surface area contributed by atoms with Crippen LogP contribution in [-0.4, -0.2) is 12.1 Å². The lowest BCUT2D eigenvalue weighted by atomic mass is 9.93. The normalized spacial score (nSPS) is 19.1. The van der Waals surface area contributed by atoms with Crippen LogP contribution in [0.15, 0.2) is 18.2 Å². The van der Waals surface area contributed by atoms with Gasteiger partial charge in [-0.05, 0) is 43.4 Å². The van der Waals surface area contributed by atoms with E-state index in [9.17, 15) is 0 Å². The summed E-state index contributed by atoms with van der Waals surface area (Å²) in [5, 5.41) is 1.14. The Bertz CT molecular complexity index is 686. The molecule has 0 bridgehead atoms. The van der Waals surface area contributed by atoms with Crippen LogP contribution in [0.3, 0.4) is 0 Å². The lowest BCUT2D eigenvalue weighted by molar-refractivity contribution is 0.415. The number of thiazole rings is 1. The Balaban J connectivity index is 1.81. The van der Waals surface area contributed by atoms with Crippen LogP contribution in [0.2, 0.25) is 0 Å². The second-order valence-electron chi connectivity index (χ2n) is 6.18. The highest BCUT2D eigenvalue weighted by Crippen LogP contribution is 2.44. The topological polar surface area (TPSA) is 48.1 Å². The maximum Gasteiger partial charge on any atom is 0.119 e. The molecule has 4 heteroatoms. The molecule has 2 aromatic rings. The molecule has 1 saturated carbocycles. The molecule has 0 radical (unpaired) electrons. The zero-order valence-electron chi connectivity index (χ0n) is 12.3. The van der Waals surface area contributed by atoms with Crippen molar-refractivity contribution in [3.8, 4) is 17.0 Å². The lowest BCUT2D eigenvalue weighted by Crippen LogP contribution is -2.32. The molecule has 0 spiro atoms. The van der Waals surface area contributed by atoms with Crippen LogP contribution in [0, 0.1) is 0 Å². The number of nitrogens with two attached hydrogens (primary N) is 1. The van der Waals surface area contributed by atoms with Crippen molar-refractivity contribution in [1.29, 1.82) is 0 Å². The van der Waals surface area contributed by atoms with E-state index in [1.165, 1.54) is 28.8 Å². The molecule has 110 valence electrons. The predicted octanol–water partition coefficient (Wildman–Crippen LogP) is 3.65. The summed E-state index contributed by atoms with van der Waals surface area (Å²) < 4.78 is 5.37. The number of fused-ring (bicyclic) bond motifs is 3. The van der Waals surface area contributed by atoms with Crippen molar-refractivity contribution in [2.45, 2.75) is 44.1 Å². The quantitative estimate of drug-likeness (QED) is 0.921. The highest BCUT2D eigenvalue weighted by molar-refractivity contribution is 7.12. The molecule has 0 aliphatic heterocycles. The molecule has 3 nitrogen and oxygen atoms in total. The first-order chi connectivity index (χ1) is 10.2. The van der Waals surface area contributed by atoms with Crippen molar-refractivity contribution in [1.82, 2.24) is 4.98 Å². The molecule has 1 aromatic carbocycles. The molecule has 21 heavy (non-hydrogen) atoms. The standard InChI is InChI=1S/C17H20N2OS/c1-20-12-6-4-11-5-7-14-15(13(11)10-12)19-16(21-14)17(18)8-2-3-9-17/h4,6,10H,2-3,5,7-9,18H2,1H3. The molecule has 0 amide bonds. The fourth-order valence-electron chi connectivity index (χ4n) is 3.53. The number of aromatic nitrogens is 1. The van der Waals surface area contributed by atoms with Crippen LogP contribution >= 0.6 is 11.3 Å². The Labute approximate surface area is 129 Å². The van der Waals surface area contributed by atoms with Gasteiger partial charge in [-0.25, -0.2) is 4.98 Å². The third-order valence-electron chi connectivity index (χ3n) is 4.81. The van der Waals surface area contributed by atoms with Crippen LogP contribution in [0.1, 0.15) is 41.1 Å². The zero-order chi connectivity index (χ0) is 14.4. The van der Waals surface area contributed by atoms with Gasteiger partial charge >= 0.3 is 0 Å². The molecular formula is C17H20N2OS. The van der Waals surface area contributed by atoms with Crippen LogP contribution in [0.4, 0.5) is 0 Å². The van der Waals surface area contributed by atoms with Gasteiger partial charge in [0.15, 0.2) is 0 Å². The minimum absolute atomic E-state index is 0.180. The van der Waals surface area contributed by atoms with Crippen molar-refractivity contribution in [2.24, 2.45) is 5.73 Å². The molecular weight excluding hydrogens is 280 g/mol. The van der Waals surface area contributed by atoms with Gasteiger partial charge in [-0.2, -0.15) is 0 Å². The molecule has 2 aliphatic carbocycles. The van der Waals surface area contributed by atoms with Gasteiger partial charge in [-0.15, -0.1) is 11.3 Å². The third kappa shape index (κ3) is 2.09. The number of hydrogen-bond donors (Lipinski definition) is 1. The Morgan fingerprint density at radius 3 is 2.81 bits per heavy atom. The van der Waals surface area contributed by atoms with Gasteiger partial charge in [0.05, 0.1) is 18.3 Å².